The third-order valence-corrected chi connectivity index (χ3v) is 5.66. The van der Waals surface area contributed by atoms with Crippen molar-refractivity contribution in [2.24, 2.45) is 0 Å². The summed E-state index contributed by atoms with van der Waals surface area (Å²) in [6, 6.07) is 25.2. The lowest BCUT2D eigenvalue weighted by atomic mass is 9.72. The molecule has 0 bridgehead atoms. The van der Waals surface area contributed by atoms with Crippen molar-refractivity contribution in [3.8, 4) is 12.1 Å². The van der Waals surface area contributed by atoms with Crippen LogP contribution < -0.4 is 0 Å². The average molecular weight is 360 g/mol. The van der Waals surface area contributed by atoms with Crippen molar-refractivity contribution in [3.63, 3.8) is 0 Å². The summed E-state index contributed by atoms with van der Waals surface area (Å²) in [5, 5.41) is 19.1. The van der Waals surface area contributed by atoms with Crippen LogP contribution in [0.5, 0.6) is 0 Å². The van der Waals surface area contributed by atoms with Crippen molar-refractivity contribution < 1.29 is 0 Å². The lowest BCUT2D eigenvalue weighted by Gasteiger charge is -2.38. The van der Waals surface area contributed by atoms with Gasteiger partial charge < -0.3 is 0 Å². The van der Waals surface area contributed by atoms with Gasteiger partial charge in [0.2, 0.25) is 0 Å². The van der Waals surface area contributed by atoms with E-state index in [0.717, 1.165) is 24.9 Å². The number of hydrogen-bond acceptors (Lipinski definition) is 3. The Kier molecular flexibility index (Phi) is 7.17. The second-order valence-electron chi connectivity index (χ2n) is 7.87. The van der Waals surface area contributed by atoms with Crippen LogP contribution in [0.4, 0.5) is 0 Å². The first-order chi connectivity index (χ1) is 12.9. The van der Waals surface area contributed by atoms with E-state index < -0.39 is 5.41 Å². The highest BCUT2D eigenvalue weighted by molar-refractivity contribution is 5.32. The zero-order chi connectivity index (χ0) is 19.8. The molecule has 0 spiro atoms. The maximum Gasteiger partial charge on any atom is 0.0832 e. The highest BCUT2D eigenvalue weighted by atomic mass is 15.2. The Morgan fingerprint density at radius 2 is 1.44 bits per heavy atom. The van der Waals surface area contributed by atoms with Gasteiger partial charge in [-0.1, -0.05) is 60.7 Å². The molecule has 0 aromatic heterocycles. The smallest absolute Gasteiger partial charge is 0.0832 e. The molecule has 0 radical (unpaired) electrons. The topological polar surface area (TPSA) is 50.8 Å². The van der Waals surface area contributed by atoms with Crippen molar-refractivity contribution in [1.82, 2.24) is 4.90 Å². The van der Waals surface area contributed by atoms with E-state index in [2.05, 4.69) is 62.2 Å². The van der Waals surface area contributed by atoms with Crippen molar-refractivity contribution in [3.05, 3.63) is 71.8 Å². The summed E-state index contributed by atoms with van der Waals surface area (Å²) >= 11 is 0. The SMILES string of the molecule is CN(Cc1ccccc1)C(C)(C)CC[C@](C#N)(CCC#N)c1ccccc1. The number of rotatable bonds is 9. The van der Waals surface area contributed by atoms with E-state index in [0.29, 0.717) is 12.8 Å². The average Bonchev–Trinajstić information content (AvgIpc) is 2.70. The van der Waals surface area contributed by atoms with E-state index >= 15 is 0 Å². The first-order valence-electron chi connectivity index (χ1n) is 9.52. The molecule has 0 unspecified atom stereocenters. The molecule has 140 valence electrons. The second-order valence-corrected chi connectivity index (χ2v) is 7.87. The van der Waals surface area contributed by atoms with Crippen molar-refractivity contribution in [2.75, 3.05) is 7.05 Å². The lowest BCUT2D eigenvalue weighted by molar-refractivity contribution is 0.127. The molecule has 2 aromatic rings. The van der Waals surface area contributed by atoms with E-state index in [1.807, 2.05) is 36.4 Å². The van der Waals surface area contributed by atoms with Crippen LogP contribution in [-0.4, -0.2) is 17.5 Å². The molecule has 0 aliphatic carbocycles. The molecule has 2 aromatic carbocycles. The van der Waals surface area contributed by atoms with E-state index in [1.165, 1.54) is 5.56 Å². The largest absolute Gasteiger partial charge is 0.297 e. The van der Waals surface area contributed by atoms with Gasteiger partial charge in [-0.2, -0.15) is 10.5 Å². The van der Waals surface area contributed by atoms with Crippen LogP contribution >= 0.6 is 0 Å². The second kappa shape index (κ2) is 9.36. The quantitative estimate of drug-likeness (QED) is 0.599. The van der Waals surface area contributed by atoms with E-state index in [1.54, 1.807) is 0 Å². The minimum atomic E-state index is -0.609. The van der Waals surface area contributed by atoms with E-state index in [-0.39, 0.29) is 5.54 Å². The molecule has 0 saturated heterocycles. The van der Waals surface area contributed by atoms with Gasteiger partial charge in [0.1, 0.15) is 0 Å². The Hall–Kier alpha value is -2.62. The van der Waals surface area contributed by atoms with Gasteiger partial charge in [-0.25, -0.2) is 0 Å². The summed E-state index contributed by atoms with van der Waals surface area (Å²) in [7, 11) is 2.14. The van der Waals surface area contributed by atoms with Gasteiger partial charge in [-0.05, 0) is 51.3 Å². The van der Waals surface area contributed by atoms with Crippen molar-refractivity contribution in [1.29, 1.82) is 10.5 Å². The lowest BCUT2D eigenvalue weighted by Crippen LogP contribution is -2.42. The predicted octanol–water partition coefficient (Wildman–Crippen LogP) is 5.44. The zero-order valence-electron chi connectivity index (χ0n) is 16.7. The molecular formula is C24H29N3. The fourth-order valence-corrected chi connectivity index (χ4v) is 3.40. The van der Waals surface area contributed by atoms with Crippen LogP contribution in [0.15, 0.2) is 60.7 Å². The monoisotopic (exact) mass is 359 g/mol. The van der Waals surface area contributed by atoms with E-state index in [4.69, 9.17) is 5.26 Å². The molecule has 0 amide bonds. The molecule has 2 rings (SSSR count). The van der Waals surface area contributed by atoms with Gasteiger partial charge in [0.05, 0.1) is 17.6 Å². The van der Waals surface area contributed by atoms with Crippen LogP contribution in [0, 0.1) is 22.7 Å². The number of nitriles is 2. The van der Waals surface area contributed by atoms with E-state index in [9.17, 15) is 5.26 Å². The predicted molar refractivity (Wildman–Crippen MR) is 110 cm³/mol. The zero-order valence-corrected chi connectivity index (χ0v) is 16.7. The molecule has 3 nitrogen and oxygen atoms in total. The summed E-state index contributed by atoms with van der Waals surface area (Å²) < 4.78 is 0. The van der Waals surface area contributed by atoms with Crippen LogP contribution in [0.1, 0.15) is 50.7 Å². The molecule has 3 heteroatoms. The standard InChI is InChI=1S/C24H29N3/c1-23(2,27(3)19-21-11-6-4-7-12-21)16-17-24(20-26,15-10-18-25)22-13-8-5-9-14-22/h4-9,11-14H,10,15-17,19H2,1-3H3/t24-/m0/s1. The maximum atomic E-state index is 10.1. The molecule has 0 N–H and O–H groups in total. The summed E-state index contributed by atoms with van der Waals surface area (Å²) in [5.74, 6) is 0. The highest BCUT2D eigenvalue weighted by Crippen LogP contribution is 2.36. The van der Waals surface area contributed by atoms with Crippen LogP contribution in [0.2, 0.25) is 0 Å². The Balaban J connectivity index is 2.15. The molecule has 0 saturated carbocycles. The summed E-state index contributed by atoms with van der Waals surface area (Å²) in [4.78, 5) is 2.35. The molecule has 0 heterocycles. The Labute approximate surface area is 163 Å². The summed E-state index contributed by atoms with van der Waals surface area (Å²) in [5.41, 5.74) is 1.64. The van der Waals surface area contributed by atoms with Crippen LogP contribution in [-0.2, 0) is 12.0 Å². The van der Waals surface area contributed by atoms with Gasteiger partial charge in [0.15, 0.2) is 0 Å². The van der Waals surface area contributed by atoms with Crippen molar-refractivity contribution in [2.45, 2.75) is 57.0 Å². The normalized spacial score (nSPS) is 13.6. The summed E-state index contributed by atoms with van der Waals surface area (Å²) in [6.07, 6.45) is 2.58. The fourth-order valence-electron chi connectivity index (χ4n) is 3.40. The Bertz CT molecular complexity index is 784. The highest BCUT2D eigenvalue weighted by Gasteiger charge is 2.35. The molecule has 27 heavy (non-hydrogen) atoms. The van der Waals surface area contributed by atoms with Gasteiger partial charge in [0.25, 0.3) is 0 Å². The van der Waals surface area contributed by atoms with Crippen LogP contribution in [0.3, 0.4) is 0 Å². The number of hydrogen-bond donors (Lipinski definition) is 0. The summed E-state index contributed by atoms with van der Waals surface area (Å²) in [6.45, 7) is 5.33. The first-order valence-corrected chi connectivity index (χ1v) is 9.52. The third-order valence-electron chi connectivity index (χ3n) is 5.66. The molecule has 0 aliphatic heterocycles. The minimum absolute atomic E-state index is 0.0562. The molecular weight excluding hydrogens is 330 g/mol. The number of nitrogens with zero attached hydrogens (tertiary/aromatic N) is 3. The van der Waals surface area contributed by atoms with Crippen molar-refractivity contribution >= 4 is 0 Å². The maximum absolute atomic E-state index is 10.1. The van der Waals surface area contributed by atoms with Gasteiger partial charge in [-0.3, -0.25) is 4.90 Å². The third kappa shape index (κ3) is 5.43. The number of benzene rings is 2. The van der Waals surface area contributed by atoms with Gasteiger partial charge in [-0.15, -0.1) is 0 Å². The molecule has 1 atom stereocenters. The molecule has 0 fully saturated rings. The Morgan fingerprint density at radius 1 is 0.852 bits per heavy atom. The minimum Gasteiger partial charge on any atom is -0.297 e. The van der Waals surface area contributed by atoms with Gasteiger partial charge in [0, 0.05) is 18.5 Å². The van der Waals surface area contributed by atoms with Gasteiger partial charge >= 0.3 is 0 Å². The van der Waals surface area contributed by atoms with Crippen LogP contribution in [0.25, 0.3) is 0 Å². The Morgan fingerprint density at radius 3 is 2.00 bits per heavy atom. The fraction of sp³-hybridized carbons (Fsp3) is 0.417. The first kappa shape index (κ1) is 20.7. The molecule has 0 aliphatic rings.